The zero-order valence-corrected chi connectivity index (χ0v) is 10.4. The monoisotopic (exact) mass is 236 g/mol. The molecule has 0 N–H and O–H groups in total. The zero-order chi connectivity index (χ0) is 13.0. The summed E-state index contributed by atoms with van der Waals surface area (Å²) < 4.78 is 10.1. The summed E-state index contributed by atoms with van der Waals surface area (Å²) in [5.74, 6) is -0.116. The van der Waals surface area contributed by atoms with Crippen LogP contribution in [0.5, 0.6) is 11.5 Å². The number of hydrogen-bond acceptors (Lipinski definition) is 4. The topological polar surface area (TPSA) is 52.6 Å². The van der Waals surface area contributed by atoms with Crippen molar-refractivity contribution in [2.24, 2.45) is 0 Å². The van der Waals surface area contributed by atoms with Gasteiger partial charge in [-0.15, -0.1) is 0 Å². The summed E-state index contributed by atoms with van der Waals surface area (Å²) in [6.07, 6.45) is 0. The molecule has 0 spiro atoms. The number of carbonyl (C=O) groups excluding carboxylic acids is 2. The average Bonchev–Trinajstić information content (AvgIpc) is 2.18. The molecule has 0 bridgehead atoms. The fourth-order valence-electron chi connectivity index (χ4n) is 1.48. The van der Waals surface area contributed by atoms with Gasteiger partial charge in [0.25, 0.3) is 0 Å². The normalized spacial score (nSPS) is 10.2. The summed E-state index contributed by atoms with van der Waals surface area (Å²) in [5.41, 5.74) is 0.832. The highest BCUT2D eigenvalue weighted by Crippen LogP contribution is 2.35. The lowest BCUT2D eigenvalue weighted by molar-refractivity contribution is -0.134. The molecule has 0 aromatic heterocycles. The predicted molar refractivity (Wildman–Crippen MR) is 63.1 cm³/mol. The minimum absolute atomic E-state index is 0.167. The maximum Gasteiger partial charge on any atom is 0.308 e. The molecule has 0 aliphatic rings. The molecule has 4 nitrogen and oxygen atoms in total. The van der Waals surface area contributed by atoms with Gasteiger partial charge in [-0.1, -0.05) is 26.0 Å². The van der Waals surface area contributed by atoms with Gasteiger partial charge in [-0.2, -0.15) is 0 Å². The van der Waals surface area contributed by atoms with Crippen molar-refractivity contribution >= 4 is 11.9 Å². The standard InChI is InChI=1S/C13H16O4/c1-8(2)11-6-5-7-12(16-9(3)14)13(11)17-10(4)15/h5-8H,1-4H3. The molecule has 0 aliphatic carbocycles. The van der Waals surface area contributed by atoms with Crippen molar-refractivity contribution in [1.29, 1.82) is 0 Å². The first-order valence-electron chi connectivity index (χ1n) is 5.41. The van der Waals surface area contributed by atoms with Gasteiger partial charge in [0.15, 0.2) is 11.5 Å². The summed E-state index contributed by atoms with van der Waals surface area (Å²) in [6.45, 7) is 6.56. The predicted octanol–water partition coefficient (Wildman–Crippen LogP) is 2.66. The third-order valence-corrected chi connectivity index (χ3v) is 2.13. The molecule has 0 atom stereocenters. The Balaban J connectivity index is 3.23. The van der Waals surface area contributed by atoms with Gasteiger partial charge in [-0.05, 0) is 12.0 Å². The lowest BCUT2D eigenvalue weighted by Gasteiger charge is -2.15. The molecule has 1 rings (SSSR count). The fraction of sp³-hybridized carbons (Fsp3) is 0.385. The van der Waals surface area contributed by atoms with Crippen LogP contribution in [-0.4, -0.2) is 11.9 Å². The van der Waals surface area contributed by atoms with E-state index in [1.54, 1.807) is 12.1 Å². The van der Waals surface area contributed by atoms with Gasteiger partial charge in [0, 0.05) is 19.4 Å². The van der Waals surface area contributed by atoms with Gasteiger partial charge in [0.05, 0.1) is 0 Å². The van der Waals surface area contributed by atoms with E-state index >= 15 is 0 Å². The van der Waals surface area contributed by atoms with Gasteiger partial charge in [0.1, 0.15) is 0 Å². The van der Waals surface area contributed by atoms with E-state index in [1.165, 1.54) is 13.8 Å². The van der Waals surface area contributed by atoms with Crippen LogP contribution < -0.4 is 9.47 Å². The molecule has 1 aromatic carbocycles. The molecule has 0 aliphatic heterocycles. The van der Waals surface area contributed by atoms with Gasteiger partial charge >= 0.3 is 11.9 Å². The number of ether oxygens (including phenoxy) is 2. The molecule has 0 heterocycles. The van der Waals surface area contributed by atoms with Crippen LogP contribution in [0.3, 0.4) is 0 Å². The van der Waals surface area contributed by atoms with Crippen molar-refractivity contribution in [2.75, 3.05) is 0 Å². The van der Waals surface area contributed by atoms with Crippen molar-refractivity contribution in [3.8, 4) is 11.5 Å². The number of esters is 2. The SMILES string of the molecule is CC(=O)Oc1cccc(C(C)C)c1OC(C)=O. The smallest absolute Gasteiger partial charge is 0.308 e. The lowest BCUT2D eigenvalue weighted by Crippen LogP contribution is -2.09. The van der Waals surface area contributed by atoms with Crippen molar-refractivity contribution in [2.45, 2.75) is 33.6 Å². The van der Waals surface area contributed by atoms with E-state index in [2.05, 4.69) is 0 Å². The van der Waals surface area contributed by atoms with E-state index in [-0.39, 0.29) is 11.7 Å². The molecule has 0 amide bonds. The first-order valence-corrected chi connectivity index (χ1v) is 5.41. The highest BCUT2D eigenvalue weighted by Gasteiger charge is 2.16. The molecular weight excluding hydrogens is 220 g/mol. The van der Waals surface area contributed by atoms with Crippen molar-refractivity contribution in [3.05, 3.63) is 23.8 Å². The van der Waals surface area contributed by atoms with Gasteiger partial charge in [-0.3, -0.25) is 9.59 Å². The van der Waals surface area contributed by atoms with E-state index in [0.29, 0.717) is 5.75 Å². The third kappa shape index (κ3) is 3.59. The van der Waals surface area contributed by atoms with Crippen LogP contribution in [-0.2, 0) is 9.59 Å². The zero-order valence-electron chi connectivity index (χ0n) is 10.4. The highest BCUT2D eigenvalue weighted by atomic mass is 16.6. The van der Waals surface area contributed by atoms with Crippen LogP contribution in [0.25, 0.3) is 0 Å². The number of carbonyl (C=O) groups is 2. The van der Waals surface area contributed by atoms with E-state index in [9.17, 15) is 9.59 Å². The van der Waals surface area contributed by atoms with Crippen LogP contribution in [0.15, 0.2) is 18.2 Å². The highest BCUT2D eigenvalue weighted by molar-refractivity contribution is 5.74. The van der Waals surface area contributed by atoms with Gasteiger partial charge < -0.3 is 9.47 Å². The first-order chi connectivity index (χ1) is 7.91. The molecule has 0 radical (unpaired) electrons. The Morgan fingerprint density at radius 3 is 2.12 bits per heavy atom. The Morgan fingerprint density at radius 2 is 1.65 bits per heavy atom. The number of benzene rings is 1. The average molecular weight is 236 g/mol. The molecule has 0 fully saturated rings. The second-order valence-corrected chi connectivity index (χ2v) is 4.02. The number of rotatable bonds is 3. The minimum Gasteiger partial charge on any atom is -0.423 e. The Kier molecular flexibility index (Phi) is 4.26. The van der Waals surface area contributed by atoms with Crippen LogP contribution in [0, 0.1) is 0 Å². The Morgan fingerprint density at radius 1 is 1.06 bits per heavy atom. The van der Waals surface area contributed by atoms with Crippen LogP contribution in [0.4, 0.5) is 0 Å². The molecule has 92 valence electrons. The van der Waals surface area contributed by atoms with Gasteiger partial charge in [0.2, 0.25) is 0 Å². The number of hydrogen-bond donors (Lipinski definition) is 0. The third-order valence-electron chi connectivity index (χ3n) is 2.13. The maximum absolute atomic E-state index is 11.1. The molecule has 0 unspecified atom stereocenters. The van der Waals surface area contributed by atoms with E-state index in [0.717, 1.165) is 5.56 Å². The first kappa shape index (κ1) is 13.2. The second-order valence-electron chi connectivity index (χ2n) is 4.02. The Labute approximate surface area is 101 Å². The second kappa shape index (κ2) is 5.48. The summed E-state index contributed by atoms with van der Waals surface area (Å²) in [5, 5.41) is 0. The van der Waals surface area contributed by atoms with Crippen LogP contribution >= 0.6 is 0 Å². The molecule has 1 aromatic rings. The van der Waals surface area contributed by atoms with Crippen molar-refractivity contribution < 1.29 is 19.1 Å². The number of para-hydroxylation sites is 1. The Hall–Kier alpha value is -1.84. The summed E-state index contributed by atoms with van der Waals surface area (Å²) >= 11 is 0. The fourth-order valence-corrected chi connectivity index (χ4v) is 1.48. The lowest BCUT2D eigenvalue weighted by atomic mass is 10.0. The Bertz CT molecular complexity index is 435. The van der Waals surface area contributed by atoms with Crippen LogP contribution in [0.2, 0.25) is 0 Å². The maximum atomic E-state index is 11.1. The molecule has 0 saturated heterocycles. The van der Waals surface area contributed by atoms with E-state index in [1.807, 2.05) is 19.9 Å². The minimum atomic E-state index is -0.445. The molecule has 0 saturated carbocycles. The summed E-state index contributed by atoms with van der Waals surface area (Å²) in [7, 11) is 0. The van der Waals surface area contributed by atoms with Crippen molar-refractivity contribution in [1.82, 2.24) is 0 Å². The molecule has 17 heavy (non-hydrogen) atoms. The summed E-state index contributed by atoms with van der Waals surface area (Å²) in [6, 6.07) is 5.21. The largest absolute Gasteiger partial charge is 0.423 e. The molecular formula is C13H16O4. The quantitative estimate of drug-likeness (QED) is 0.598. The van der Waals surface area contributed by atoms with Crippen LogP contribution in [0.1, 0.15) is 39.2 Å². The van der Waals surface area contributed by atoms with Gasteiger partial charge in [-0.25, -0.2) is 0 Å². The van der Waals surface area contributed by atoms with E-state index in [4.69, 9.17) is 9.47 Å². The van der Waals surface area contributed by atoms with E-state index < -0.39 is 11.9 Å². The molecule has 4 heteroatoms. The van der Waals surface area contributed by atoms with Crippen molar-refractivity contribution in [3.63, 3.8) is 0 Å². The summed E-state index contributed by atoms with van der Waals surface area (Å²) in [4.78, 5) is 22.0.